The third kappa shape index (κ3) is 3.85. The Hall–Kier alpha value is -1.82. The number of aliphatic carboxylic acids is 1. The number of hydrogen-bond acceptors (Lipinski definition) is 5. The molecule has 2 aromatic heterocycles. The maximum absolute atomic E-state index is 11.0. The van der Waals surface area contributed by atoms with E-state index in [0.29, 0.717) is 12.8 Å². The molecule has 1 N–H and O–H groups in total. The molecule has 5 nitrogen and oxygen atoms in total. The summed E-state index contributed by atoms with van der Waals surface area (Å²) < 4.78 is 0. The van der Waals surface area contributed by atoms with Gasteiger partial charge < -0.3 is 5.11 Å². The van der Waals surface area contributed by atoms with Crippen molar-refractivity contribution >= 4 is 17.3 Å². The van der Waals surface area contributed by atoms with E-state index >= 15 is 0 Å². The summed E-state index contributed by atoms with van der Waals surface area (Å²) in [5.74, 6) is -0.490. The fraction of sp³-hybridized carbons (Fsp3) is 0.467. The number of thiazole rings is 1. The molecule has 0 aromatic carbocycles. The van der Waals surface area contributed by atoms with Gasteiger partial charge in [0, 0.05) is 16.8 Å². The number of carboxylic acid groups (broad SMARTS) is 1. The summed E-state index contributed by atoms with van der Waals surface area (Å²) in [6.45, 7) is 7.50. The highest BCUT2D eigenvalue weighted by atomic mass is 32.1. The third-order valence-corrected chi connectivity index (χ3v) is 4.23. The lowest BCUT2D eigenvalue weighted by molar-refractivity contribution is -0.141. The first-order chi connectivity index (χ1) is 9.86. The van der Waals surface area contributed by atoms with Crippen LogP contribution in [0.25, 0.3) is 0 Å². The Labute approximate surface area is 128 Å². The SMILES string of the molecule is Cc1nc(Cc2nc(C)c(CC(C)C(=O)O)c(C)n2)cs1. The van der Waals surface area contributed by atoms with Gasteiger partial charge in [0.15, 0.2) is 0 Å². The van der Waals surface area contributed by atoms with Gasteiger partial charge in [-0.3, -0.25) is 4.79 Å². The lowest BCUT2D eigenvalue weighted by Gasteiger charge is -2.12. The van der Waals surface area contributed by atoms with Gasteiger partial charge in [0.2, 0.25) is 0 Å². The Morgan fingerprint density at radius 2 is 1.86 bits per heavy atom. The van der Waals surface area contributed by atoms with Gasteiger partial charge in [-0.1, -0.05) is 6.92 Å². The van der Waals surface area contributed by atoms with Crippen LogP contribution < -0.4 is 0 Å². The molecule has 21 heavy (non-hydrogen) atoms. The van der Waals surface area contributed by atoms with Crippen LogP contribution >= 0.6 is 11.3 Å². The van der Waals surface area contributed by atoms with Crippen LogP contribution in [0.4, 0.5) is 0 Å². The van der Waals surface area contributed by atoms with Crippen LogP contribution in [0.1, 0.15) is 40.4 Å². The van der Waals surface area contributed by atoms with Gasteiger partial charge in [0.1, 0.15) is 5.82 Å². The molecule has 6 heteroatoms. The number of hydrogen-bond donors (Lipinski definition) is 1. The minimum Gasteiger partial charge on any atom is -0.481 e. The van der Waals surface area contributed by atoms with Gasteiger partial charge in [-0.05, 0) is 32.8 Å². The molecule has 0 aliphatic rings. The van der Waals surface area contributed by atoms with Crippen molar-refractivity contribution in [2.45, 2.75) is 40.5 Å². The van der Waals surface area contributed by atoms with E-state index in [9.17, 15) is 4.79 Å². The molecule has 0 spiro atoms. The minimum atomic E-state index is -0.796. The predicted molar refractivity (Wildman–Crippen MR) is 81.7 cm³/mol. The summed E-state index contributed by atoms with van der Waals surface area (Å²) in [6.07, 6.45) is 1.07. The highest BCUT2D eigenvalue weighted by molar-refractivity contribution is 7.09. The molecule has 2 rings (SSSR count). The predicted octanol–water partition coefficient (Wildman–Crippen LogP) is 2.71. The maximum Gasteiger partial charge on any atom is 0.306 e. The average Bonchev–Trinajstić information content (AvgIpc) is 2.79. The molecular weight excluding hydrogens is 286 g/mol. The number of aromatic nitrogens is 3. The topological polar surface area (TPSA) is 76.0 Å². The Kier molecular flexibility index (Phi) is 4.67. The highest BCUT2D eigenvalue weighted by Gasteiger charge is 2.17. The summed E-state index contributed by atoms with van der Waals surface area (Å²) in [5.41, 5.74) is 3.63. The first-order valence-electron chi connectivity index (χ1n) is 6.83. The average molecular weight is 305 g/mol. The Balaban J connectivity index is 2.22. The second kappa shape index (κ2) is 6.30. The van der Waals surface area contributed by atoms with Crippen molar-refractivity contribution in [1.82, 2.24) is 15.0 Å². The first kappa shape index (κ1) is 15.6. The van der Waals surface area contributed by atoms with Crippen molar-refractivity contribution in [3.8, 4) is 0 Å². The Morgan fingerprint density at radius 1 is 1.24 bits per heavy atom. The van der Waals surface area contributed by atoms with Crippen molar-refractivity contribution in [3.63, 3.8) is 0 Å². The van der Waals surface area contributed by atoms with E-state index in [1.807, 2.05) is 26.2 Å². The zero-order chi connectivity index (χ0) is 15.6. The third-order valence-electron chi connectivity index (χ3n) is 3.40. The molecule has 1 atom stereocenters. The standard InChI is InChI=1S/C15H19N3O2S/c1-8(15(19)20)5-13-9(2)16-14(17-10(13)3)6-12-7-21-11(4)18-12/h7-8H,5-6H2,1-4H3,(H,19,20). The van der Waals surface area contributed by atoms with Gasteiger partial charge in [-0.2, -0.15) is 0 Å². The van der Waals surface area contributed by atoms with E-state index in [4.69, 9.17) is 5.11 Å². The number of carbonyl (C=O) groups is 1. The molecule has 2 heterocycles. The van der Waals surface area contributed by atoms with Crippen molar-refractivity contribution in [1.29, 1.82) is 0 Å². The zero-order valence-electron chi connectivity index (χ0n) is 12.7. The summed E-state index contributed by atoms with van der Waals surface area (Å²) in [7, 11) is 0. The Morgan fingerprint density at radius 3 is 2.33 bits per heavy atom. The molecule has 0 aliphatic heterocycles. The molecule has 0 radical (unpaired) electrons. The van der Waals surface area contributed by atoms with Crippen LogP contribution in [0.2, 0.25) is 0 Å². The van der Waals surface area contributed by atoms with Crippen LogP contribution in [-0.4, -0.2) is 26.0 Å². The van der Waals surface area contributed by atoms with Crippen molar-refractivity contribution in [3.05, 3.63) is 38.9 Å². The fourth-order valence-electron chi connectivity index (χ4n) is 2.23. The second-order valence-electron chi connectivity index (χ2n) is 5.27. The summed E-state index contributed by atoms with van der Waals surface area (Å²) >= 11 is 1.61. The lowest BCUT2D eigenvalue weighted by Crippen LogP contribution is -2.15. The smallest absolute Gasteiger partial charge is 0.306 e. The molecule has 0 amide bonds. The second-order valence-corrected chi connectivity index (χ2v) is 6.33. The summed E-state index contributed by atoms with van der Waals surface area (Å²) in [5, 5.41) is 12.1. The number of nitrogens with zero attached hydrogens (tertiary/aromatic N) is 3. The normalized spacial score (nSPS) is 12.4. The number of rotatable bonds is 5. The van der Waals surface area contributed by atoms with E-state index < -0.39 is 11.9 Å². The van der Waals surface area contributed by atoms with Crippen LogP contribution in [0.5, 0.6) is 0 Å². The molecule has 0 aliphatic carbocycles. The zero-order valence-corrected chi connectivity index (χ0v) is 13.5. The molecule has 0 saturated heterocycles. The van der Waals surface area contributed by atoms with E-state index in [0.717, 1.165) is 33.5 Å². The maximum atomic E-state index is 11.0. The van der Waals surface area contributed by atoms with E-state index in [-0.39, 0.29) is 0 Å². The van der Waals surface area contributed by atoms with Crippen molar-refractivity contribution in [2.75, 3.05) is 0 Å². The van der Waals surface area contributed by atoms with Crippen LogP contribution in [0.15, 0.2) is 5.38 Å². The number of carboxylic acids is 1. The molecule has 2 aromatic rings. The molecule has 0 fully saturated rings. The monoisotopic (exact) mass is 305 g/mol. The Bertz CT molecular complexity index is 644. The molecular formula is C15H19N3O2S. The largest absolute Gasteiger partial charge is 0.481 e. The van der Waals surface area contributed by atoms with Crippen LogP contribution in [0, 0.1) is 26.7 Å². The van der Waals surface area contributed by atoms with Gasteiger partial charge in [-0.25, -0.2) is 15.0 Å². The minimum absolute atomic E-state index is 0.432. The molecule has 0 saturated carbocycles. The van der Waals surface area contributed by atoms with Gasteiger partial charge in [-0.15, -0.1) is 11.3 Å². The van der Waals surface area contributed by atoms with Crippen LogP contribution in [-0.2, 0) is 17.6 Å². The quantitative estimate of drug-likeness (QED) is 0.919. The van der Waals surface area contributed by atoms with Crippen molar-refractivity contribution < 1.29 is 9.90 Å². The van der Waals surface area contributed by atoms with Gasteiger partial charge >= 0.3 is 5.97 Å². The summed E-state index contributed by atoms with van der Waals surface area (Å²) in [4.78, 5) is 24.4. The lowest BCUT2D eigenvalue weighted by atomic mass is 9.99. The molecule has 112 valence electrons. The summed E-state index contributed by atoms with van der Waals surface area (Å²) in [6, 6.07) is 0. The van der Waals surface area contributed by atoms with Crippen LogP contribution in [0.3, 0.4) is 0 Å². The van der Waals surface area contributed by atoms with Crippen molar-refractivity contribution in [2.24, 2.45) is 5.92 Å². The number of aryl methyl sites for hydroxylation is 3. The first-order valence-corrected chi connectivity index (χ1v) is 7.71. The van der Waals surface area contributed by atoms with Gasteiger partial charge in [0.25, 0.3) is 0 Å². The van der Waals surface area contributed by atoms with E-state index in [2.05, 4.69) is 15.0 Å². The molecule has 0 bridgehead atoms. The van der Waals surface area contributed by atoms with Gasteiger partial charge in [0.05, 0.1) is 23.0 Å². The molecule has 1 unspecified atom stereocenters. The van der Waals surface area contributed by atoms with E-state index in [1.165, 1.54) is 0 Å². The highest BCUT2D eigenvalue weighted by Crippen LogP contribution is 2.17. The fourth-order valence-corrected chi connectivity index (χ4v) is 2.84. The van der Waals surface area contributed by atoms with E-state index in [1.54, 1.807) is 18.3 Å².